The van der Waals surface area contributed by atoms with E-state index in [1.807, 2.05) is 18.7 Å². The van der Waals surface area contributed by atoms with Crippen LogP contribution in [0.2, 0.25) is 0 Å². The van der Waals surface area contributed by atoms with Crippen molar-refractivity contribution >= 4 is 0 Å². The molecule has 0 radical (unpaired) electrons. The number of methoxy groups -OCH3 is 1. The molecule has 20 heavy (non-hydrogen) atoms. The molecule has 1 aliphatic carbocycles. The summed E-state index contributed by atoms with van der Waals surface area (Å²) >= 11 is 0. The molecule has 5 heteroatoms. The van der Waals surface area contributed by atoms with Crippen LogP contribution in [0.25, 0.3) is 0 Å². The van der Waals surface area contributed by atoms with Crippen molar-refractivity contribution in [2.75, 3.05) is 26.7 Å². The summed E-state index contributed by atoms with van der Waals surface area (Å²) in [6.45, 7) is 7.10. The first-order chi connectivity index (χ1) is 9.62. The first-order valence-corrected chi connectivity index (χ1v) is 7.63. The van der Waals surface area contributed by atoms with Crippen LogP contribution in [-0.2, 0) is 7.05 Å². The SMILES string of the molecule is CCCN(CC1CC1)C(CN)c1c(C)nn(C)c1OC. The predicted molar refractivity (Wildman–Crippen MR) is 80.9 cm³/mol. The van der Waals surface area contributed by atoms with Gasteiger partial charge in [-0.2, -0.15) is 5.10 Å². The van der Waals surface area contributed by atoms with E-state index in [1.165, 1.54) is 12.8 Å². The average molecular weight is 280 g/mol. The summed E-state index contributed by atoms with van der Waals surface area (Å²) in [7, 11) is 3.63. The van der Waals surface area contributed by atoms with E-state index in [4.69, 9.17) is 10.5 Å². The molecule has 1 aromatic rings. The van der Waals surface area contributed by atoms with Gasteiger partial charge in [0.2, 0.25) is 5.88 Å². The van der Waals surface area contributed by atoms with Crippen molar-refractivity contribution in [3.8, 4) is 5.88 Å². The number of aromatic nitrogens is 2. The number of rotatable bonds is 8. The lowest BCUT2D eigenvalue weighted by Crippen LogP contribution is -2.36. The fourth-order valence-corrected chi connectivity index (χ4v) is 3.02. The monoisotopic (exact) mass is 280 g/mol. The van der Waals surface area contributed by atoms with Gasteiger partial charge in [0.25, 0.3) is 0 Å². The quantitative estimate of drug-likeness (QED) is 0.789. The number of ether oxygens (including phenoxy) is 1. The van der Waals surface area contributed by atoms with Gasteiger partial charge in [0, 0.05) is 20.1 Å². The molecule has 2 rings (SSSR count). The van der Waals surface area contributed by atoms with Crippen molar-refractivity contribution in [1.29, 1.82) is 0 Å². The minimum Gasteiger partial charge on any atom is -0.481 e. The third kappa shape index (κ3) is 3.15. The summed E-state index contributed by atoms with van der Waals surface area (Å²) in [6, 6.07) is 0.208. The highest BCUT2D eigenvalue weighted by Gasteiger charge is 2.31. The van der Waals surface area contributed by atoms with Gasteiger partial charge in [-0.15, -0.1) is 0 Å². The number of hydrogen-bond acceptors (Lipinski definition) is 4. The van der Waals surface area contributed by atoms with Crippen LogP contribution in [0, 0.1) is 12.8 Å². The largest absolute Gasteiger partial charge is 0.481 e. The molecular weight excluding hydrogens is 252 g/mol. The first kappa shape index (κ1) is 15.3. The Kier molecular flexibility index (Phi) is 5.05. The highest BCUT2D eigenvalue weighted by Crippen LogP contribution is 2.36. The van der Waals surface area contributed by atoms with Crippen molar-refractivity contribution < 1.29 is 4.74 Å². The fourth-order valence-electron chi connectivity index (χ4n) is 3.02. The maximum absolute atomic E-state index is 6.10. The van der Waals surface area contributed by atoms with Gasteiger partial charge in [0.15, 0.2) is 0 Å². The Labute approximate surface area is 122 Å². The van der Waals surface area contributed by atoms with E-state index in [-0.39, 0.29) is 6.04 Å². The molecule has 1 aliphatic rings. The topological polar surface area (TPSA) is 56.3 Å². The highest BCUT2D eigenvalue weighted by atomic mass is 16.5. The lowest BCUT2D eigenvalue weighted by Gasteiger charge is -2.31. The number of hydrogen-bond donors (Lipinski definition) is 1. The minimum atomic E-state index is 0.208. The second kappa shape index (κ2) is 6.59. The highest BCUT2D eigenvalue weighted by molar-refractivity contribution is 5.34. The van der Waals surface area contributed by atoms with Gasteiger partial charge in [-0.3, -0.25) is 4.90 Å². The van der Waals surface area contributed by atoms with Gasteiger partial charge in [0.05, 0.1) is 24.4 Å². The molecule has 0 bridgehead atoms. The second-order valence-corrected chi connectivity index (χ2v) is 5.82. The number of aryl methyl sites for hydroxylation is 2. The maximum Gasteiger partial charge on any atom is 0.216 e. The molecule has 0 spiro atoms. The summed E-state index contributed by atoms with van der Waals surface area (Å²) in [5.74, 6) is 1.70. The minimum absolute atomic E-state index is 0.208. The molecule has 1 unspecified atom stereocenters. The van der Waals surface area contributed by atoms with Crippen LogP contribution < -0.4 is 10.5 Å². The smallest absolute Gasteiger partial charge is 0.216 e. The zero-order chi connectivity index (χ0) is 14.7. The molecule has 1 atom stereocenters. The summed E-state index contributed by atoms with van der Waals surface area (Å²) in [5, 5.41) is 4.50. The van der Waals surface area contributed by atoms with Crippen LogP contribution in [0.3, 0.4) is 0 Å². The molecule has 0 amide bonds. The molecule has 1 fully saturated rings. The standard InChI is InChI=1S/C15H28N4O/c1-5-8-19(10-12-6-7-12)13(9-16)14-11(2)17-18(3)15(14)20-4/h12-13H,5-10,16H2,1-4H3. The van der Waals surface area contributed by atoms with E-state index in [0.29, 0.717) is 6.54 Å². The van der Waals surface area contributed by atoms with Crippen LogP contribution in [0.4, 0.5) is 0 Å². The van der Waals surface area contributed by atoms with E-state index in [9.17, 15) is 0 Å². The van der Waals surface area contributed by atoms with Crippen molar-refractivity contribution in [2.24, 2.45) is 18.7 Å². The maximum atomic E-state index is 6.10. The van der Waals surface area contributed by atoms with E-state index in [2.05, 4.69) is 16.9 Å². The Morgan fingerprint density at radius 2 is 2.20 bits per heavy atom. The van der Waals surface area contributed by atoms with E-state index in [1.54, 1.807) is 7.11 Å². The van der Waals surface area contributed by atoms with Gasteiger partial charge >= 0.3 is 0 Å². The van der Waals surface area contributed by atoms with Crippen LogP contribution in [0.15, 0.2) is 0 Å². The Hall–Kier alpha value is -1.07. The lowest BCUT2D eigenvalue weighted by atomic mass is 10.0. The molecule has 2 N–H and O–H groups in total. The normalized spacial score (nSPS) is 16.7. The Balaban J connectivity index is 2.28. The van der Waals surface area contributed by atoms with Crippen LogP contribution in [0.1, 0.15) is 43.5 Å². The van der Waals surface area contributed by atoms with Crippen LogP contribution >= 0.6 is 0 Å². The molecule has 1 aromatic heterocycles. The van der Waals surface area contributed by atoms with Gasteiger partial charge in [-0.1, -0.05) is 6.92 Å². The Morgan fingerprint density at radius 3 is 2.70 bits per heavy atom. The van der Waals surface area contributed by atoms with E-state index in [0.717, 1.165) is 42.6 Å². The molecule has 0 aliphatic heterocycles. The zero-order valence-electron chi connectivity index (χ0n) is 13.2. The van der Waals surface area contributed by atoms with E-state index < -0.39 is 0 Å². The van der Waals surface area contributed by atoms with Gasteiger partial charge in [-0.05, 0) is 38.6 Å². The molecule has 0 saturated heterocycles. The number of nitrogens with zero attached hydrogens (tertiary/aromatic N) is 3. The van der Waals surface area contributed by atoms with Crippen molar-refractivity contribution in [3.05, 3.63) is 11.3 Å². The Bertz CT molecular complexity index is 439. The molecule has 1 saturated carbocycles. The summed E-state index contributed by atoms with van der Waals surface area (Å²) in [6.07, 6.45) is 3.87. The zero-order valence-corrected chi connectivity index (χ0v) is 13.2. The molecule has 114 valence electrons. The summed E-state index contributed by atoms with van der Waals surface area (Å²) in [5.41, 5.74) is 8.28. The second-order valence-electron chi connectivity index (χ2n) is 5.82. The van der Waals surface area contributed by atoms with Crippen LogP contribution in [-0.4, -0.2) is 41.4 Å². The summed E-state index contributed by atoms with van der Waals surface area (Å²) in [4.78, 5) is 2.52. The van der Waals surface area contributed by atoms with Crippen molar-refractivity contribution in [3.63, 3.8) is 0 Å². The fraction of sp³-hybridized carbons (Fsp3) is 0.800. The first-order valence-electron chi connectivity index (χ1n) is 7.63. The van der Waals surface area contributed by atoms with Gasteiger partial charge in [0.1, 0.15) is 0 Å². The molecule has 1 heterocycles. The number of nitrogens with two attached hydrogens (primary N) is 1. The third-order valence-corrected chi connectivity index (χ3v) is 4.11. The predicted octanol–water partition coefficient (Wildman–Crippen LogP) is 1.86. The molecular formula is C15H28N4O. The Morgan fingerprint density at radius 1 is 1.50 bits per heavy atom. The van der Waals surface area contributed by atoms with Crippen molar-refractivity contribution in [2.45, 2.75) is 39.2 Å². The third-order valence-electron chi connectivity index (χ3n) is 4.11. The molecule has 5 nitrogen and oxygen atoms in total. The lowest BCUT2D eigenvalue weighted by molar-refractivity contribution is 0.188. The van der Waals surface area contributed by atoms with Crippen molar-refractivity contribution in [1.82, 2.24) is 14.7 Å². The van der Waals surface area contributed by atoms with Gasteiger partial charge < -0.3 is 10.5 Å². The van der Waals surface area contributed by atoms with E-state index >= 15 is 0 Å². The molecule has 0 aromatic carbocycles. The van der Waals surface area contributed by atoms with Crippen LogP contribution in [0.5, 0.6) is 5.88 Å². The average Bonchev–Trinajstić information content (AvgIpc) is 3.17. The summed E-state index contributed by atoms with van der Waals surface area (Å²) < 4.78 is 7.36. The van der Waals surface area contributed by atoms with Gasteiger partial charge in [-0.25, -0.2) is 4.68 Å².